The van der Waals surface area contributed by atoms with Crippen LogP contribution in [0.5, 0.6) is 0 Å². The number of hydrazone groups is 1. The Balaban J connectivity index is 1.69. The van der Waals surface area contributed by atoms with Crippen LogP contribution in [0.4, 0.5) is 5.69 Å². The first-order chi connectivity index (χ1) is 13.1. The lowest BCUT2D eigenvalue weighted by molar-refractivity contribution is -0.124. The molecule has 0 aromatic heterocycles. The number of nitrogens with zero attached hydrogens (tertiary/aromatic N) is 2. The summed E-state index contributed by atoms with van der Waals surface area (Å²) in [5.41, 5.74) is 1.30. The van der Waals surface area contributed by atoms with Crippen LogP contribution < -0.4 is 10.3 Å². The summed E-state index contributed by atoms with van der Waals surface area (Å²) in [5, 5.41) is 19.8. The lowest BCUT2D eigenvalue weighted by Gasteiger charge is -2.35. The number of hydrogen-bond acceptors (Lipinski definition) is 4. The molecule has 2 heterocycles. The molecule has 27 heavy (non-hydrogen) atoms. The molecular weight excluding hydrogens is 338 g/mol. The zero-order valence-corrected chi connectivity index (χ0v) is 14.8. The first-order valence-corrected chi connectivity index (χ1v) is 9.01. The Morgan fingerprint density at radius 3 is 2.44 bits per heavy atom. The lowest BCUT2D eigenvalue weighted by Crippen LogP contribution is -2.48. The van der Waals surface area contributed by atoms with Gasteiger partial charge in [-0.25, -0.2) is 5.01 Å². The van der Waals surface area contributed by atoms with Gasteiger partial charge in [0.15, 0.2) is 5.72 Å². The van der Waals surface area contributed by atoms with Crippen LogP contribution in [-0.4, -0.2) is 22.5 Å². The van der Waals surface area contributed by atoms with Gasteiger partial charge in [0, 0.05) is 12.8 Å². The monoisotopic (exact) mass is 359 g/mol. The first-order valence-electron chi connectivity index (χ1n) is 9.01. The summed E-state index contributed by atoms with van der Waals surface area (Å²) in [6.45, 7) is 0. The fraction of sp³-hybridized carbons (Fsp3) is 0.182. The predicted molar refractivity (Wildman–Crippen MR) is 106 cm³/mol. The molecule has 5 heteroatoms. The molecule has 2 unspecified atom stereocenters. The number of anilines is 1. The SMILES string of the molecule is O=C1C(CC2(O)C=CC=CN2)CC(c2ccccc2)=NN1c1ccccc1. The van der Waals surface area contributed by atoms with Gasteiger partial charge in [-0.15, -0.1) is 0 Å². The summed E-state index contributed by atoms with van der Waals surface area (Å²) in [7, 11) is 0. The number of nitrogens with one attached hydrogen (secondary N) is 1. The zero-order valence-electron chi connectivity index (χ0n) is 14.8. The fourth-order valence-corrected chi connectivity index (χ4v) is 3.44. The molecule has 136 valence electrons. The van der Waals surface area contributed by atoms with E-state index in [1.54, 1.807) is 18.4 Å². The topological polar surface area (TPSA) is 64.9 Å². The summed E-state index contributed by atoms with van der Waals surface area (Å²) >= 11 is 0. The number of benzene rings is 2. The first kappa shape index (κ1) is 17.2. The van der Waals surface area contributed by atoms with Gasteiger partial charge in [0.2, 0.25) is 0 Å². The van der Waals surface area contributed by atoms with Crippen LogP contribution in [0.3, 0.4) is 0 Å². The van der Waals surface area contributed by atoms with E-state index in [2.05, 4.69) is 10.4 Å². The Kier molecular flexibility index (Phi) is 4.60. The van der Waals surface area contributed by atoms with Crippen molar-refractivity contribution in [2.24, 2.45) is 11.0 Å². The molecule has 2 aliphatic rings. The number of para-hydroxylation sites is 1. The van der Waals surface area contributed by atoms with Crippen molar-refractivity contribution in [1.82, 2.24) is 5.32 Å². The lowest BCUT2D eigenvalue weighted by atomic mass is 9.87. The minimum absolute atomic E-state index is 0.112. The van der Waals surface area contributed by atoms with Crippen molar-refractivity contribution in [2.45, 2.75) is 18.6 Å². The number of aliphatic hydroxyl groups is 1. The summed E-state index contributed by atoms with van der Waals surface area (Å²) in [5.74, 6) is -0.509. The molecule has 0 radical (unpaired) electrons. The molecule has 0 saturated carbocycles. The number of amides is 1. The number of allylic oxidation sites excluding steroid dienone is 2. The average molecular weight is 359 g/mol. The third-order valence-electron chi connectivity index (χ3n) is 4.80. The van der Waals surface area contributed by atoms with E-state index in [1.165, 1.54) is 5.01 Å². The molecule has 0 saturated heterocycles. The minimum Gasteiger partial charge on any atom is -0.367 e. The van der Waals surface area contributed by atoms with Crippen LogP contribution in [0.25, 0.3) is 0 Å². The Bertz CT molecular complexity index is 906. The molecule has 4 rings (SSSR count). The molecule has 2 aromatic rings. The quantitative estimate of drug-likeness (QED) is 0.881. The number of hydrogen-bond donors (Lipinski definition) is 2. The van der Waals surface area contributed by atoms with Crippen molar-refractivity contribution in [3.63, 3.8) is 0 Å². The minimum atomic E-state index is -1.24. The van der Waals surface area contributed by atoms with Gasteiger partial charge in [-0.1, -0.05) is 54.6 Å². The second kappa shape index (κ2) is 7.21. The van der Waals surface area contributed by atoms with Gasteiger partial charge in [-0.2, -0.15) is 5.10 Å². The molecule has 2 aliphatic heterocycles. The zero-order chi connectivity index (χ0) is 18.7. The molecule has 0 bridgehead atoms. The fourth-order valence-electron chi connectivity index (χ4n) is 3.44. The standard InChI is InChI=1S/C22H21N3O2/c26-21-18(16-22(27)13-7-8-14-23-22)15-20(17-9-3-1-4-10-17)24-25(21)19-11-5-2-6-12-19/h1-14,18,23,27H,15-16H2. The van der Waals surface area contributed by atoms with E-state index in [1.807, 2.05) is 66.7 Å². The Labute approximate surface area is 158 Å². The highest BCUT2D eigenvalue weighted by Gasteiger charge is 2.38. The van der Waals surface area contributed by atoms with Gasteiger partial charge >= 0.3 is 0 Å². The smallest absolute Gasteiger partial charge is 0.251 e. The van der Waals surface area contributed by atoms with Crippen molar-refractivity contribution in [2.75, 3.05) is 5.01 Å². The number of rotatable bonds is 4. The van der Waals surface area contributed by atoms with Crippen LogP contribution in [-0.2, 0) is 4.79 Å². The van der Waals surface area contributed by atoms with E-state index in [-0.39, 0.29) is 12.3 Å². The Morgan fingerprint density at radius 2 is 1.78 bits per heavy atom. The van der Waals surface area contributed by atoms with Gasteiger partial charge in [-0.3, -0.25) is 4.79 Å². The maximum absolute atomic E-state index is 13.2. The highest BCUT2D eigenvalue weighted by Crippen LogP contribution is 2.31. The van der Waals surface area contributed by atoms with Crippen LogP contribution in [0.1, 0.15) is 18.4 Å². The Hall–Kier alpha value is -3.18. The highest BCUT2D eigenvalue weighted by molar-refractivity contribution is 6.09. The summed E-state index contributed by atoms with van der Waals surface area (Å²) in [4.78, 5) is 13.2. The van der Waals surface area contributed by atoms with Crippen molar-refractivity contribution < 1.29 is 9.90 Å². The van der Waals surface area contributed by atoms with Gasteiger partial charge < -0.3 is 10.4 Å². The maximum Gasteiger partial charge on any atom is 0.251 e. The molecule has 5 nitrogen and oxygen atoms in total. The molecule has 0 fully saturated rings. The van der Waals surface area contributed by atoms with Gasteiger partial charge in [-0.05, 0) is 36.0 Å². The summed E-state index contributed by atoms with van der Waals surface area (Å²) in [6, 6.07) is 19.3. The van der Waals surface area contributed by atoms with Gasteiger partial charge in [0.25, 0.3) is 5.91 Å². The molecule has 2 N–H and O–H groups in total. The van der Waals surface area contributed by atoms with E-state index >= 15 is 0 Å². The van der Waals surface area contributed by atoms with E-state index in [9.17, 15) is 9.90 Å². The predicted octanol–water partition coefficient (Wildman–Crippen LogP) is 3.20. The molecule has 2 aromatic carbocycles. The number of dihydropyridines is 1. The van der Waals surface area contributed by atoms with E-state index in [4.69, 9.17) is 0 Å². The van der Waals surface area contributed by atoms with Crippen LogP contribution in [0.15, 0.2) is 90.2 Å². The second-order valence-corrected chi connectivity index (χ2v) is 6.79. The average Bonchev–Trinajstić information content (AvgIpc) is 2.71. The van der Waals surface area contributed by atoms with Crippen molar-refractivity contribution in [3.8, 4) is 0 Å². The van der Waals surface area contributed by atoms with Gasteiger partial charge in [0.05, 0.1) is 17.3 Å². The molecule has 1 amide bonds. The van der Waals surface area contributed by atoms with Crippen LogP contribution in [0.2, 0.25) is 0 Å². The third kappa shape index (κ3) is 3.68. The largest absolute Gasteiger partial charge is 0.367 e. The second-order valence-electron chi connectivity index (χ2n) is 6.79. The van der Waals surface area contributed by atoms with Gasteiger partial charge in [0.1, 0.15) is 0 Å². The van der Waals surface area contributed by atoms with Crippen LogP contribution >= 0.6 is 0 Å². The molecule has 0 spiro atoms. The molecule has 2 atom stereocenters. The van der Waals surface area contributed by atoms with E-state index < -0.39 is 11.6 Å². The van der Waals surface area contributed by atoms with Crippen molar-refractivity contribution in [1.29, 1.82) is 0 Å². The van der Waals surface area contributed by atoms with Crippen LogP contribution in [0, 0.1) is 5.92 Å². The molecular formula is C22H21N3O2. The normalized spacial score (nSPS) is 24.5. The third-order valence-corrected chi connectivity index (χ3v) is 4.80. The Morgan fingerprint density at radius 1 is 1.07 bits per heavy atom. The maximum atomic E-state index is 13.2. The molecule has 0 aliphatic carbocycles. The van der Waals surface area contributed by atoms with E-state index in [0.717, 1.165) is 17.0 Å². The summed E-state index contributed by atoms with van der Waals surface area (Å²) in [6.07, 6.45) is 7.71. The highest BCUT2D eigenvalue weighted by atomic mass is 16.3. The summed E-state index contributed by atoms with van der Waals surface area (Å²) < 4.78 is 0. The van der Waals surface area contributed by atoms with Crippen molar-refractivity contribution in [3.05, 3.63) is 90.7 Å². The number of carbonyl (C=O) groups excluding carboxylic acids is 1. The number of carbonyl (C=O) groups is 1. The van der Waals surface area contributed by atoms with E-state index in [0.29, 0.717) is 6.42 Å². The van der Waals surface area contributed by atoms with Crippen molar-refractivity contribution >= 4 is 17.3 Å².